The molecule has 0 amide bonds. The highest BCUT2D eigenvalue weighted by atomic mass is 15.0. The fourth-order valence-electron chi connectivity index (χ4n) is 1.96. The maximum Gasteiger partial charge on any atom is 0.0255 e. The summed E-state index contributed by atoms with van der Waals surface area (Å²) in [5.41, 5.74) is 0. The first-order valence-electron chi connectivity index (χ1n) is 4.79. The van der Waals surface area contributed by atoms with Crippen molar-refractivity contribution in [3.05, 3.63) is 12.2 Å². The summed E-state index contributed by atoms with van der Waals surface area (Å²) < 4.78 is 0. The van der Waals surface area contributed by atoms with Gasteiger partial charge in [0.1, 0.15) is 0 Å². The second-order valence-electron chi connectivity index (χ2n) is 3.94. The first-order chi connectivity index (χ1) is 5.36. The van der Waals surface area contributed by atoms with Gasteiger partial charge in [-0.15, -0.1) is 0 Å². The molecule has 0 bridgehead atoms. The van der Waals surface area contributed by atoms with Gasteiger partial charge in [0, 0.05) is 12.1 Å². The van der Waals surface area contributed by atoms with E-state index in [4.69, 9.17) is 0 Å². The van der Waals surface area contributed by atoms with E-state index >= 15 is 0 Å². The van der Waals surface area contributed by atoms with Gasteiger partial charge in [-0.25, -0.2) is 0 Å². The van der Waals surface area contributed by atoms with Crippen molar-refractivity contribution in [3.8, 4) is 0 Å². The highest BCUT2D eigenvalue weighted by Gasteiger charge is 2.28. The predicted octanol–water partition coefficient (Wildman–Crippen LogP) is 2.09. The Hall–Kier alpha value is -0.300. The second kappa shape index (κ2) is 2.98. The molecule has 0 spiro atoms. The summed E-state index contributed by atoms with van der Waals surface area (Å²) in [6.45, 7) is 2.35. The van der Waals surface area contributed by atoms with Crippen molar-refractivity contribution in [2.75, 3.05) is 0 Å². The SMILES string of the molecule is CC1CCC1NC1C=CCC1. The molecule has 1 saturated carbocycles. The predicted molar refractivity (Wildman–Crippen MR) is 47.5 cm³/mol. The Balaban J connectivity index is 1.76. The fraction of sp³-hybridized carbons (Fsp3) is 0.800. The van der Waals surface area contributed by atoms with Gasteiger partial charge in [0.2, 0.25) is 0 Å². The molecule has 0 heterocycles. The Morgan fingerprint density at radius 2 is 2.18 bits per heavy atom. The largest absolute Gasteiger partial charge is 0.307 e. The van der Waals surface area contributed by atoms with E-state index in [-0.39, 0.29) is 0 Å². The average molecular weight is 151 g/mol. The maximum absolute atomic E-state index is 3.68. The van der Waals surface area contributed by atoms with E-state index in [0.717, 1.165) is 12.0 Å². The van der Waals surface area contributed by atoms with Gasteiger partial charge >= 0.3 is 0 Å². The van der Waals surface area contributed by atoms with Crippen molar-refractivity contribution < 1.29 is 0 Å². The molecule has 1 N–H and O–H groups in total. The molecule has 2 aliphatic rings. The van der Waals surface area contributed by atoms with Crippen LogP contribution in [0.15, 0.2) is 12.2 Å². The highest BCUT2D eigenvalue weighted by Crippen LogP contribution is 2.27. The van der Waals surface area contributed by atoms with Crippen LogP contribution >= 0.6 is 0 Å². The van der Waals surface area contributed by atoms with Gasteiger partial charge in [0.25, 0.3) is 0 Å². The molecule has 1 heteroatoms. The van der Waals surface area contributed by atoms with Crippen LogP contribution in [0.3, 0.4) is 0 Å². The van der Waals surface area contributed by atoms with Crippen molar-refractivity contribution >= 4 is 0 Å². The second-order valence-corrected chi connectivity index (χ2v) is 3.94. The van der Waals surface area contributed by atoms with Crippen molar-refractivity contribution in [1.29, 1.82) is 0 Å². The smallest absolute Gasteiger partial charge is 0.0255 e. The van der Waals surface area contributed by atoms with E-state index in [2.05, 4.69) is 24.4 Å². The van der Waals surface area contributed by atoms with Gasteiger partial charge in [-0.3, -0.25) is 0 Å². The van der Waals surface area contributed by atoms with Crippen LogP contribution in [0.25, 0.3) is 0 Å². The van der Waals surface area contributed by atoms with Crippen LogP contribution in [0.4, 0.5) is 0 Å². The number of rotatable bonds is 2. The monoisotopic (exact) mass is 151 g/mol. The minimum atomic E-state index is 0.697. The summed E-state index contributed by atoms with van der Waals surface area (Å²) in [7, 11) is 0. The Morgan fingerprint density at radius 3 is 2.64 bits per heavy atom. The molecule has 0 aliphatic heterocycles. The van der Waals surface area contributed by atoms with Crippen molar-refractivity contribution in [2.24, 2.45) is 5.92 Å². The number of hydrogen-bond donors (Lipinski definition) is 1. The molecule has 0 aromatic carbocycles. The quantitative estimate of drug-likeness (QED) is 0.596. The van der Waals surface area contributed by atoms with E-state index < -0.39 is 0 Å². The van der Waals surface area contributed by atoms with Gasteiger partial charge in [-0.1, -0.05) is 19.1 Å². The van der Waals surface area contributed by atoms with Gasteiger partial charge < -0.3 is 5.32 Å². The maximum atomic E-state index is 3.68. The molecule has 0 aromatic heterocycles. The van der Waals surface area contributed by atoms with Gasteiger partial charge in [-0.05, 0) is 31.6 Å². The molecule has 62 valence electrons. The number of hydrogen-bond acceptors (Lipinski definition) is 1. The van der Waals surface area contributed by atoms with Crippen LogP contribution < -0.4 is 5.32 Å². The number of nitrogens with one attached hydrogen (secondary N) is 1. The van der Waals surface area contributed by atoms with Crippen LogP contribution in [-0.2, 0) is 0 Å². The third-order valence-electron chi connectivity index (χ3n) is 3.06. The Morgan fingerprint density at radius 1 is 1.27 bits per heavy atom. The molecule has 1 fully saturated rings. The lowest BCUT2D eigenvalue weighted by molar-refractivity contribution is 0.218. The number of allylic oxidation sites excluding steroid dienone is 1. The lowest BCUT2D eigenvalue weighted by Gasteiger charge is -2.36. The zero-order chi connectivity index (χ0) is 7.68. The Labute approximate surface area is 68.9 Å². The van der Waals surface area contributed by atoms with Crippen LogP contribution in [0.1, 0.15) is 32.6 Å². The van der Waals surface area contributed by atoms with Crippen molar-refractivity contribution in [2.45, 2.75) is 44.7 Å². The molecule has 1 nitrogen and oxygen atoms in total. The fourth-order valence-corrected chi connectivity index (χ4v) is 1.96. The third-order valence-corrected chi connectivity index (χ3v) is 3.06. The first kappa shape index (κ1) is 7.35. The third kappa shape index (κ3) is 1.48. The van der Waals surface area contributed by atoms with Crippen LogP contribution in [0, 0.1) is 5.92 Å². The summed E-state index contributed by atoms with van der Waals surface area (Å²) in [5, 5.41) is 3.68. The summed E-state index contributed by atoms with van der Waals surface area (Å²) in [5.74, 6) is 0.920. The first-order valence-corrected chi connectivity index (χ1v) is 4.79. The summed E-state index contributed by atoms with van der Waals surface area (Å²) in [6, 6.07) is 1.52. The lowest BCUT2D eigenvalue weighted by atomic mass is 9.81. The highest BCUT2D eigenvalue weighted by molar-refractivity contribution is 5.03. The minimum absolute atomic E-state index is 0.697. The topological polar surface area (TPSA) is 12.0 Å². The zero-order valence-electron chi connectivity index (χ0n) is 7.22. The van der Waals surface area contributed by atoms with Gasteiger partial charge in [0.15, 0.2) is 0 Å². The molecule has 2 rings (SSSR count). The molecular formula is C10H17N. The Kier molecular flexibility index (Phi) is 1.99. The van der Waals surface area contributed by atoms with Gasteiger partial charge in [0.05, 0.1) is 0 Å². The molecule has 0 saturated heterocycles. The van der Waals surface area contributed by atoms with E-state index in [9.17, 15) is 0 Å². The standard InChI is InChI=1S/C10H17N/c1-8-6-7-10(8)11-9-4-2-3-5-9/h2,4,8-11H,3,5-7H2,1H3. The van der Waals surface area contributed by atoms with E-state index in [0.29, 0.717) is 6.04 Å². The normalized spacial score (nSPS) is 42.5. The molecule has 0 radical (unpaired) electrons. The van der Waals surface area contributed by atoms with Crippen molar-refractivity contribution in [1.82, 2.24) is 5.32 Å². The molecule has 2 aliphatic carbocycles. The van der Waals surface area contributed by atoms with Crippen LogP contribution in [0.2, 0.25) is 0 Å². The minimum Gasteiger partial charge on any atom is -0.307 e. The summed E-state index contributed by atoms with van der Waals surface area (Å²) >= 11 is 0. The zero-order valence-corrected chi connectivity index (χ0v) is 7.22. The summed E-state index contributed by atoms with van der Waals surface area (Å²) in [6.07, 6.45) is 10.0. The Bertz CT molecular complexity index is 162. The molecule has 3 unspecified atom stereocenters. The van der Waals surface area contributed by atoms with Crippen molar-refractivity contribution in [3.63, 3.8) is 0 Å². The van der Waals surface area contributed by atoms with E-state index in [1.165, 1.54) is 25.7 Å². The van der Waals surface area contributed by atoms with Crippen LogP contribution in [0.5, 0.6) is 0 Å². The molecular weight excluding hydrogens is 134 g/mol. The van der Waals surface area contributed by atoms with E-state index in [1.807, 2.05) is 0 Å². The van der Waals surface area contributed by atoms with Gasteiger partial charge in [-0.2, -0.15) is 0 Å². The molecule has 3 atom stereocenters. The van der Waals surface area contributed by atoms with Crippen LogP contribution in [-0.4, -0.2) is 12.1 Å². The lowest BCUT2D eigenvalue weighted by Crippen LogP contribution is -2.46. The average Bonchev–Trinajstić information content (AvgIpc) is 2.49. The van der Waals surface area contributed by atoms with E-state index in [1.54, 1.807) is 0 Å². The molecule has 0 aromatic rings. The molecule has 11 heavy (non-hydrogen) atoms. The summed E-state index contributed by atoms with van der Waals surface area (Å²) in [4.78, 5) is 0.